The molecule has 2 N–H and O–H groups in total. The molecule has 3 amide bonds. The Balaban J connectivity index is 1.97. The van der Waals surface area contributed by atoms with Gasteiger partial charge < -0.3 is 29.8 Å². The van der Waals surface area contributed by atoms with Crippen LogP contribution in [0.25, 0.3) is 0 Å². The van der Waals surface area contributed by atoms with Gasteiger partial charge in [-0.2, -0.15) is 0 Å². The number of ketones is 2. The summed E-state index contributed by atoms with van der Waals surface area (Å²) in [7, 11) is 0. The Morgan fingerprint density at radius 1 is 1.04 bits per heavy atom. The molecular formula is C38H58N4O8. The van der Waals surface area contributed by atoms with Gasteiger partial charge in [0.1, 0.15) is 23.9 Å². The number of benzene rings is 1. The van der Waals surface area contributed by atoms with Crippen LogP contribution in [0.3, 0.4) is 0 Å². The topological polar surface area (TPSA) is 153 Å². The Bertz CT molecular complexity index is 1440. The fourth-order valence-corrected chi connectivity index (χ4v) is 6.83. The molecule has 0 bridgehead atoms. The van der Waals surface area contributed by atoms with Gasteiger partial charge in [0.2, 0.25) is 17.6 Å². The van der Waals surface area contributed by atoms with Gasteiger partial charge in [0.05, 0.1) is 24.9 Å². The standard InChI is InChI=1S/C38H58N4O8/c1-12-15-27(31(44)30(43)13-2)39-34(45)29-20-38(19-28(41-50-38)26-17-23(6)32(48-14-3)24(7)18-26)21-42(29)35(46)33(37(9,10)11)40-36(47)49-25(8)16-22(4)5/h17-18,22,25,27,29,33H,12-16,19-21H2,1-11H3,(H,39,45)(H,40,47)/t25-,27+,29+,33-,38-/m1/s1. The lowest BCUT2D eigenvalue weighted by Gasteiger charge is -2.35. The van der Waals surface area contributed by atoms with Gasteiger partial charge in [0.15, 0.2) is 11.4 Å². The number of rotatable bonds is 15. The number of hydrogen-bond acceptors (Lipinski definition) is 9. The molecule has 0 saturated carbocycles. The molecule has 12 heteroatoms. The van der Waals surface area contributed by atoms with Crippen molar-refractivity contribution in [1.82, 2.24) is 15.5 Å². The number of hydrogen-bond donors (Lipinski definition) is 2. The molecule has 1 spiro atoms. The molecule has 3 rings (SSSR count). The molecule has 2 heterocycles. The van der Waals surface area contributed by atoms with E-state index in [0.29, 0.717) is 37.5 Å². The maximum atomic E-state index is 14.5. The number of Topliss-reactive ketones (excluding diaryl/α,β-unsaturated/α-hetero) is 2. The molecule has 12 nitrogen and oxygen atoms in total. The van der Waals surface area contributed by atoms with Crippen LogP contribution < -0.4 is 15.4 Å². The SMILES string of the molecule is CCC[C@H](NC(=O)[C@@H]1C[C@]2(CC(c3cc(C)c(OCC)c(C)c3)=NO2)CN1C(=O)[C@@H](NC(=O)O[C@H](C)CC(C)C)C(C)(C)C)C(=O)C(=O)CC. The second-order valence-corrected chi connectivity index (χ2v) is 15.3. The number of nitrogens with zero attached hydrogens (tertiary/aromatic N) is 2. The number of aryl methyl sites for hydroxylation is 2. The van der Waals surface area contributed by atoms with Crippen molar-refractivity contribution in [2.45, 2.75) is 145 Å². The summed E-state index contributed by atoms with van der Waals surface area (Å²) in [6.07, 6.45) is 0.829. The molecule has 2 aliphatic heterocycles. The third-order valence-electron chi connectivity index (χ3n) is 9.20. The summed E-state index contributed by atoms with van der Waals surface area (Å²) in [5.74, 6) is -1.17. The molecule has 50 heavy (non-hydrogen) atoms. The van der Waals surface area contributed by atoms with Crippen molar-refractivity contribution in [3.05, 3.63) is 28.8 Å². The van der Waals surface area contributed by atoms with Crippen LogP contribution in [-0.2, 0) is 28.8 Å². The predicted molar refractivity (Wildman–Crippen MR) is 191 cm³/mol. The van der Waals surface area contributed by atoms with Crippen LogP contribution in [0.15, 0.2) is 17.3 Å². The zero-order valence-corrected chi connectivity index (χ0v) is 31.9. The number of amides is 3. The molecule has 0 aromatic heterocycles. The molecule has 1 saturated heterocycles. The quantitative estimate of drug-likeness (QED) is 0.226. The molecule has 1 aromatic carbocycles. The maximum absolute atomic E-state index is 14.5. The number of carbonyl (C=O) groups excluding carboxylic acids is 5. The molecule has 278 valence electrons. The van der Waals surface area contributed by atoms with Crippen LogP contribution in [0.1, 0.15) is 118 Å². The van der Waals surface area contributed by atoms with Crippen molar-refractivity contribution in [2.75, 3.05) is 13.2 Å². The minimum Gasteiger partial charge on any atom is -0.493 e. The molecule has 5 atom stereocenters. The van der Waals surface area contributed by atoms with Crippen molar-refractivity contribution in [1.29, 1.82) is 0 Å². The van der Waals surface area contributed by atoms with Crippen molar-refractivity contribution < 1.29 is 38.3 Å². The Kier molecular flexibility index (Phi) is 13.6. The summed E-state index contributed by atoms with van der Waals surface area (Å²) in [6.45, 7) is 21.2. The zero-order chi connectivity index (χ0) is 37.6. The van der Waals surface area contributed by atoms with E-state index in [9.17, 15) is 24.0 Å². The van der Waals surface area contributed by atoms with Gasteiger partial charge >= 0.3 is 6.09 Å². The average molecular weight is 699 g/mol. The molecule has 0 aliphatic carbocycles. The average Bonchev–Trinajstić information content (AvgIpc) is 3.62. The normalized spacial score (nSPS) is 20.5. The van der Waals surface area contributed by atoms with E-state index in [-0.39, 0.29) is 31.9 Å². The first-order chi connectivity index (χ1) is 23.4. The van der Waals surface area contributed by atoms with Crippen LogP contribution >= 0.6 is 0 Å². The maximum Gasteiger partial charge on any atom is 0.408 e. The second-order valence-electron chi connectivity index (χ2n) is 15.3. The highest BCUT2D eigenvalue weighted by atomic mass is 16.7. The Labute approximate surface area is 297 Å². The van der Waals surface area contributed by atoms with E-state index in [2.05, 4.69) is 15.8 Å². The summed E-state index contributed by atoms with van der Waals surface area (Å²) >= 11 is 0. The minimum atomic E-state index is -1.06. The number of likely N-dealkylation sites (tertiary alicyclic amines) is 1. The third kappa shape index (κ3) is 9.84. The highest BCUT2D eigenvalue weighted by Crippen LogP contribution is 2.41. The second kappa shape index (κ2) is 16.8. The van der Waals surface area contributed by atoms with Crippen LogP contribution in [-0.4, -0.2) is 83.1 Å². The molecule has 0 unspecified atom stereocenters. The molecule has 2 aliphatic rings. The number of nitrogens with one attached hydrogen (secondary N) is 2. The lowest BCUT2D eigenvalue weighted by atomic mass is 9.85. The third-order valence-corrected chi connectivity index (χ3v) is 9.20. The van der Waals surface area contributed by atoms with Crippen molar-refractivity contribution in [2.24, 2.45) is 16.5 Å². The fraction of sp³-hybridized carbons (Fsp3) is 0.684. The van der Waals surface area contributed by atoms with E-state index in [1.165, 1.54) is 4.90 Å². The molecular weight excluding hydrogens is 640 g/mol. The highest BCUT2D eigenvalue weighted by molar-refractivity contribution is 6.39. The molecule has 0 radical (unpaired) electrons. The number of carbonyl (C=O) groups is 5. The lowest BCUT2D eigenvalue weighted by Crippen LogP contribution is -2.59. The summed E-state index contributed by atoms with van der Waals surface area (Å²) < 4.78 is 11.4. The Morgan fingerprint density at radius 3 is 2.22 bits per heavy atom. The molecule has 1 fully saturated rings. The van der Waals surface area contributed by atoms with Gasteiger partial charge in [-0.05, 0) is 75.1 Å². The smallest absolute Gasteiger partial charge is 0.408 e. The van der Waals surface area contributed by atoms with E-state index in [1.807, 2.05) is 74.4 Å². The van der Waals surface area contributed by atoms with Crippen LogP contribution in [0.5, 0.6) is 5.75 Å². The largest absolute Gasteiger partial charge is 0.493 e. The number of ether oxygens (including phenoxy) is 2. The number of alkyl carbamates (subject to hydrolysis) is 1. The van der Waals surface area contributed by atoms with Crippen molar-refractivity contribution in [3.8, 4) is 5.75 Å². The minimum absolute atomic E-state index is 0.0131. The van der Waals surface area contributed by atoms with E-state index >= 15 is 0 Å². The monoisotopic (exact) mass is 698 g/mol. The van der Waals surface area contributed by atoms with Gasteiger partial charge in [-0.25, -0.2) is 4.79 Å². The first-order valence-electron chi connectivity index (χ1n) is 18.0. The van der Waals surface area contributed by atoms with Crippen LogP contribution in [0.2, 0.25) is 0 Å². The van der Waals surface area contributed by atoms with E-state index in [1.54, 1.807) is 13.8 Å². The van der Waals surface area contributed by atoms with E-state index in [0.717, 1.165) is 22.4 Å². The first-order valence-corrected chi connectivity index (χ1v) is 18.0. The fourth-order valence-electron chi connectivity index (χ4n) is 6.83. The van der Waals surface area contributed by atoms with E-state index < -0.39 is 58.6 Å². The Hall–Kier alpha value is -3.96. The van der Waals surface area contributed by atoms with Crippen molar-refractivity contribution >= 4 is 35.2 Å². The predicted octanol–water partition coefficient (Wildman–Crippen LogP) is 5.57. The van der Waals surface area contributed by atoms with Gasteiger partial charge in [-0.1, -0.05) is 60.0 Å². The van der Waals surface area contributed by atoms with Crippen LogP contribution in [0, 0.1) is 25.2 Å². The van der Waals surface area contributed by atoms with Gasteiger partial charge in [-0.3, -0.25) is 19.2 Å². The lowest BCUT2D eigenvalue weighted by molar-refractivity contribution is -0.143. The van der Waals surface area contributed by atoms with Crippen LogP contribution in [0.4, 0.5) is 4.79 Å². The summed E-state index contributed by atoms with van der Waals surface area (Å²) in [5, 5.41) is 10.0. The summed E-state index contributed by atoms with van der Waals surface area (Å²) in [5.41, 5.74) is 1.63. The Morgan fingerprint density at radius 2 is 1.68 bits per heavy atom. The summed E-state index contributed by atoms with van der Waals surface area (Å²) in [4.78, 5) is 74.6. The highest BCUT2D eigenvalue weighted by Gasteiger charge is 2.55. The summed E-state index contributed by atoms with van der Waals surface area (Å²) in [6, 6.07) is 0.831. The van der Waals surface area contributed by atoms with Gasteiger partial charge in [-0.15, -0.1) is 0 Å². The van der Waals surface area contributed by atoms with Gasteiger partial charge in [0.25, 0.3) is 0 Å². The van der Waals surface area contributed by atoms with E-state index in [4.69, 9.17) is 14.3 Å². The number of oxime groups is 1. The van der Waals surface area contributed by atoms with Crippen molar-refractivity contribution in [3.63, 3.8) is 0 Å². The molecule has 1 aromatic rings. The zero-order valence-electron chi connectivity index (χ0n) is 31.9. The first kappa shape index (κ1) is 40.5. The van der Waals surface area contributed by atoms with Gasteiger partial charge in [0, 0.05) is 24.8 Å².